The summed E-state index contributed by atoms with van der Waals surface area (Å²) in [4.78, 5) is 7.06. The molecular weight excluding hydrogens is 549 g/mol. The summed E-state index contributed by atoms with van der Waals surface area (Å²) in [5.74, 6) is 0. The molecule has 0 saturated carbocycles. The SMILES string of the molecule is CCN(CC)c1ccc(C=Nc2ccc(N=Nc3ccc(N=Nc4ccc(C(F)(F)F)cc4)cc3)c3ccccc23)cc1. The Morgan fingerprint density at radius 2 is 1.07 bits per heavy atom. The van der Waals surface area contributed by atoms with Crippen LogP contribution in [0.25, 0.3) is 10.8 Å². The van der Waals surface area contributed by atoms with Crippen LogP contribution in [0.3, 0.4) is 0 Å². The minimum absolute atomic E-state index is 0.324. The molecule has 0 aliphatic carbocycles. The van der Waals surface area contributed by atoms with Crippen LogP contribution in [-0.2, 0) is 6.18 Å². The first-order valence-corrected chi connectivity index (χ1v) is 13.9. The number of halogens is 3. The standard InChI is InChI=1S/C34H29F3N6/c1-3-43(4-2)29-19-9-24(10-20-29)23-38-32-21-22-33(31-8-6-5-7-30(31)32)42-41-28-17-15-27(16-18-28)40-39-26-13-11-25(12-14-26)34(35,36)37/h5-23H,3-4H2,1-2H3. The summed E-state index contributed by atoms with van der Waals surface area (Å²) >= 11 is 0. The van der Waals surface area contributed by atoms with Crippen molar-refractivity contribution in [3.63, 3.8) is 0 Å². The lowest BCUT2D eigenvalue weighted by atomic mass is 10.1. The maximum absolute atomic E-state index is 12.7. The van der Waals surface area contributed by atoms with Crippen LogP contribution in [0.15, 0.2) is 135 Å². The van der Waals surface area contributed by atoms with Gasteiger partial charge in [0.1, 0.15) is 0 Å². The number of alkyl halides is 3. The maximum Gasteiger partial charge on any atom is 0.416 e. The van der Waals surface area contributed by atoms with Gasteiger partial charge in [-0.05, 0) is 92.2 Å². The molecule has 0 aliphatic rings. The molecule has 5 aromatic rings. The summed E-state index contributed by atoms with van der Waals surface area (Å²) in [6, 6.07) is 31.6. The fourth-order valence-corrected chi connectivity index (χ4v) is 4.50. The highest BCUT2D eigenvalue weighted by molar-refractivity contribution is 6.01. The molecule has 5 aromatic carbocycles. The number of aliphatic imine (C=N–C) groups is 1. The predicted octanol–water partition coefficient (Wildman–Crippen LogP) is 11.3. The van der Waals surface area contributed by atoms with E-state index in [1.807, 2.05) is 42.6 Å². The van der Waals surface area contributed by atoms with Gasteiger partial charge < -0.3 is 4.90 Å². The number of nitrogens with zero attached hydrogens (tertiary/aromatic N) is 6. The molecule has 0 spiro atoms. The zero-order chi connectivity index (χ0) is 30.2. The Morgan fingerprint density at radius 3 is 1.60 bits per heavy atom. The van der Waals surface area contributed by atoms with Gasteiger partial charge in [0.15, 0.2) is 0 Å². The van der Waals surface area contributed by atoms with Crippen molar-refractivity contribution < 1.29 is 13.2 Å². The molecule has 0 heterocycles. The highest BCUT2D eigenvalue weighted by atomic mass is 19.4. The number of anilines is 1. The van der Waals surface area contributed by atoms with Crippen molar-refractivity contribution in [2.75, 3.05) is 18.0 Å². The lowest BCUT2D eigenvalue weighted by Gasteiger charge is -2.20. The van der Waals surface area contributed by atoms with E-state index in [1.54, 1.807) is 24.3 Å². The largest absolute Gasteiger partial charge is 0.416 e. The Morgan fingerprint density at radius 1 is 0.581 bits per heavy atom. The van der Waals surface area contributed by atoms with Crippen LogP contribution in [0.1, 0.15) is 25.0 Å². The van der Waals surface area contributed by atoms with E-state index in [2.05, 4.69) is 63.5 Å². The van der Waals surface area contributed by atoms with Gasteiger partial charge in [0.2, 0.25) is 0 Å². The maximum atomic E-state index is 12.7. The zero-order valence-corrected chi connectivity index (χ0v) is 23.7. The second-order valence-corrected chi connectivity index (χ2v) is 9.63. The number of hydrogen-bond acceptors (Lipinski definition) is 6. The average Bonchev–Trinajstić information content (AvgIpc) is 3.03. The molecule has 0 fully saturated rings. The first kappa shape index (κ1) is 29.3. The average molecular weight is 579 g/mol. The Hall–Kier alpha value is -5.18. The molecule has 0 saturated heterocycles. The van der Waals surface area contributed by atoms with Gasteiger partial charge in [-0.25, -0.2) is 0 Å². The highest BCUT2D eigenvalue weighted by Gasteiger charge is 2.29. The number of benzene rings is 5. The number of rotatable bonds is 9. The molecule has 0 N–H and O–H groups in total. The van der Waals surface area contributed by atoms with E-state index < -0.39 is 11.7 Å². The predicted molar refractivity (Wildman–Crippen MR) is 167 cm³/mol. The van der Waals surface area contributed by atoms with Gasteiger partial charge in [0.25, 0.3) is 0 Å². The third-order valence-corrected chi connectivity index (χ3v) is 6.85. The van der Waals surface area contributed by atoms with E-state index in [-0.39, 0.29) is 0 Å². The van der Waals surface area contributed by atoms with Crippen LogP contribution in [0, 0.1) is 0 Å². The minimum Gasteiger partial charge on any atom is -0.372 e. The van der Waals surface area contributed by atoms with Gasteiger partial charge in [-0.3, -0.25) is 4.99 Å². The quantitative estimate of drug-likeness (QED) is 0.127. The fraction of sp³-hybridized carbons (Fsp3) is 0.147. The number of azo groups is 2. The van der Waals surface area contributed by atoms with Crippen molar-refractivity contribution in [1.82, 2.24) is 0 Å². The first-order valence-electron chi connectivity index (χ1n) is 13.9. The monoisotopic (exact) mass is 578 g/mol. The molecule has 0 atom stereocenters. The van der Waals surface area contributed by atoms with Crippen molar-refractivity contribution >= 4 is 51.1 Å². The number of hydrogen-bond donors (Lipinski definition) is 0. The van der Waals surface area contributed by atoms with E-state index in [0.29, 0.717) is 22.7 Å². The molecule has 0 aromatic heterocycles. The summed E-state index contributed by atoms with van der Waals surface area (Å²) in [6.07, 6.45) is -2.52. The van der Waals surface area contributed by atoms with E-state index in [1.165, 1.54) is 17.8 Å². The van der Waals surface area contributed by atoms with Gasteiger partial charge in [0, 0.05) is 35.8 Å². The molecule has 216 valence electrons. The van der Waals surface area contributed by atoms with Crippen LogP contribution in [0.2, 0.25) is 0 Å². The number of fused-ring (bicyclic) bond motifs is 1. The summed E-state index contributed by atoms with van der Waals surface area (Å²) in [7, 11) is 0. The molecule has 0 unspecified atom stereocenters. The van der Waals surface area contributed by atoms with Gasteiger partial charge in [0.05, 0.1) is 34.0 Å². The van der Waals surface area contributed by atoms with E-state index in [9.17, 15) is 13.2 Å². The van der Waals surface area contributed by atoms with Crippen LogP contribution < -0.4 is 4.90 Å². The summed E-state index contributed by atoms with van der Waals surface area (Å²) < 4.78 is 38.2. The molecule has 0 bridgehead atoms. The molecule has 6 nitrogen and oxygen atoms in total. The van der Waals surface area contributed by atoms with Crippen LogP contribution in [0.4, 0.5) is 47.3 Å². The topological polar surface area (TPSA) is 65.0 Å². The Bertz CT molecular complexity index is 1750. The molecular formula is C34H29F3N6. The highest BCUT2D eigenvalue weighted by Crippen LogP contribution is 2.35. The van der Waals surface area contributed by atoms with Crippen LogP contribution >= 0.6 is 0 Å². The third-order valence-electron chi connectivity index (χ3n) is 6.85. The second-order valence-electron chi connectivity index (χ2n) is 9.63. The molecule has 43 heavy (non-hydrogen) atoms. The fourth-order valence-electron chi connectivity index (χ4n) is 4.50. The normalized spacial score (nSPS) is 12.2. The Labute approximate surface area is 248 Å². The molecule has 0 amide bonds. The van der Waals surface area contributed by atoms with Gasteiger partial charge in [-0.2, -0.15) is 28.5 Å². The third kappa shape index (κ3) is 7.37. The minimum atomic E-state index is -4.39. The molecule has 9 heteroatoms. The summed E-state index contributed by atoms with van der Waals surface area (Å²) in [5.41, 5.74) is 4.51. The van der Waals surface area contributed by atoms with E-state index >= 15 is 0 Å². The van der Waals surface area contributed by atoms with Gasteiger partial charge >= 0.3 is 6.18 Å². The van der Waals surface area contributed by atoms with E-state index in [0.717, 1.165) is 47.2 Å². The van der Waals surface area contributed by atoms with Gasteiger partial charge in [-0.1, -0.05) is 36.4 Å². The Kier molecular flexibility index (Phi) is 9.00. The van der Waals surface area contributed by atoms with E-state index in [4.69, 9.17) is 4.99 Å². The van der Waals surface area contributed by atoms with Crippen molar-refractivity contribution in [3.05, 3.63) is 120 Å². The summed E-state index contributed by atoms with van der Waals surface area (Å²) in [5, 5.41) is 18.9. The second kappa shape index (κ2) is 13.2. The van der Waals surface area contributed by atoms with Crippen LogP contribution in [-0.4, -0.2) is 19.3 Å². The van der Waals surface area contributed by atoms with Crippen molar-refractivity contribution in [2.45, 2.75) is 20.0 Å². The lowest BCUT2D eigenvalue weighted by molar-refractivity contribution is -0.137. The van der Waals surface area contributed by atoms with Crippen LogP contribution in [0.5, 0.6) is 0 Å². The summed E-state index contributed by atoms with van der Waals surface area (Å²) in [6.45, 7) is 6.22. The molecule has 5 rings (SSSR count). The van der Waals surface area contributed by atoms with Crippen molar-refractivity contribution in [2.24, 2.45) is 25.4 Å². The molecule has 0 radical (unpaired) electrons. The zero-order valence-electron chi connectivity index (χ0n) is 23.7. The first-order chi connectivity index (χ1) is 20.8. The van der Waals surface area contributed by atoms with Gasteiger partial charge in [-0.15, -0.1) is 5.11 Å². The Balaban J connectivity index is 1.29. The molecule has 0 aliphatic heterocycles. The van der Waals surface area contributed by atoms with Crippen molar-refractivity contribution in [3.8, 4) is 0 Å². The lowest BCUT2D eigenvalue weighted by Crippen LogP contribution is -2.21. The smallest absolute Gasteiger partial charge is 0.372 e. The van der Waals surface area contributed by atoms with Crippen molar-refractivity contribution in [1.29, 1.82) is 0 Å².